The average Bonchev–Trinajstić information content (AvgIpc) is 2.78. The van der Waals surface area contributed by atoms with Gasteiger partial charge in [0.2, 0.25) is 5.89 Å². The first-order valence-corrected chi connectivity index (χ1v) is 5.09. The van der Waals surface area contributed by atoms with Crippen LogP contribution in [0.25, 0.3) is 0 Å². The van der Waals surface area contributed by atoms with Gasteiger partial charge in [-0.3, -0.25) is 0 Å². The number of nitrogens with zero attached hydrogens (tertiary/aromatic N) is 2. The summed E-state index contributed by atoms with van der Waals surface area (Å²) in [5.41, 5.74) is 5.56. The first-order valence-electron chi connectivity index (χ1n) is 5.09. The topological polar surface area (TPSA) is 94.4 Å². The number of ether oxygens (including phenoxy) is 1. The van der Waals surface area contributed by atoms with Gasteiger partial charge in [0.05, 0.1) is 13.2 Å². The van der Waals surface area contributed by atoms with E-state index in [0.717, 1.165) is 19.4 Å². The SMILES string of the molecule is N[C@H](CO)c1nc(C2CCCOC2)no1. The Morgan fingerprint density at radius 1 is 1.60 bits per heavy atom. The molecule has 3 N–H and O–H groups in total. The highest BCUT2D eigenvalue weighted by molar-refractivity contribution is 4.99. The molecule has 2 heterocycles. The van der Waals surface area contributed by atoms with E-state index in [-0.39, 0.29) is 18.4 Å². The van der Waals surface area contributed by atoms with Gasteiger partial charge in [-0.25, -0.2) is 0 Å². The Bertz CT molecular complexity index is 309. The Balaban J connectivity index is 2.05. The number of rotatable bonds is 3. The van der Waals surface area contributed by atoms with E-state index in [1.165, 1.54) is 0 Å². The van der Waals surface area contributed by atoms with Gasteiger partial charge < -0.3 is 20.1 Å². The van der Waals surface area contributed by atoms with E-state index in [9.17, 15) is 0 Å². The number of aromatic nitrogens is 2. The summed E-state index contributed by atoms with van der Waals surface area (Å²) in [4.78, 5) is 4.16. The van der Waals surface area contributed by atoms with Gasteiger partial charge in [-0.15, -0.1) is 0 Å². The molecule has 6 nitrogen and oxygen atoms in total. The molecule has 1 aromatic rings. The molecule has 1 aromatic heterocycles. The lowest BCUT2D eigenvalue weighted by molar-refractivity contribution is 0.0773. The van der Waals surface area contributed by atoms with Gasteiger partial charge >= 0.3 is 0 Å². The third kappa shape index (κ3) is 2.34. The maximum Gasteiger partial charge on any atom is 0.245 e. The van der Waals surface area contributed by atoms with E-state index in [4.69, 9.17) is 20.1 Å². The van der Waals surface area contributed by atoms with Crippen LogP contribution < -0.4 is 5.73 Å². The zero-order valence-corrected chi connectivity index (χ0v) is 8.43. The second kappa shape index (κ2) is 4.69. The molecule has 0 spiro atoms. The van der Waals surface area contributed by atoms with Gasteiger partial charge in [0.15, 0.2) is 5.82 Å². The molecule has 1 fully saturated rings. The minimum absolute atomic E-state index is 0.192. The molecule has 2 atom stereocenters. The number of aliphatic hydroxyl groups is 1. The number of hydrogen-bond acceptors (Lipinski definition) is 6. The largest absolute Gasteiger partial charge is 0.394 e. The third-order valence-corrected chi connectivity index (χ3v) is 2.50. The number of aliphatic hydroxyl groups excluding tert-OH is 1. The molecule has 0 bridgehead atoms. The first-order chi connectivity index (χ1) is 7.31. The number of nitrogens with two attached hydrogens (primary N) is 1. The van der Waals surface area contributed by atoms with Crippen LogP contribution in [0.5, 0.6) is 0 Å². The van der Waals surface area contributed by atoms with E-state index in [1.54, 1.807) is 0 Å². The van der Waals surface area contributed by atoms with Gasteiger partial charge in [0, 0.05) is 12.5 Å². The highest BCUT2D eigenvalue weighted by Crippen LogP contribution is 2.23. The molecule has 0 amide bonds. The Morgan fingerprint density at radius 2 is 2.47 bits per heavy atom. The Morgan fingerprint density at radius 3 is 3.13 bits per heavy atom. The molecule has 1 unspecified atom stereocenters. The smallest absolute Gasteiger partial charge is 0.245 e. The van der Waals surface area contributed by atoms with E-state index in [0.29, 0.717) is 12.4 Å². The molecule has 84 valence electrons. The van der Waals surface area contributed by atoms with E-state index in [2.05, 4.69) is 10.1 Å². The van der Waals surface area contributed by atoms with Crippen molar-refractivity contribution >= 4 is 0 Å². The third-order valence-electron chi connectivity index (χ3n) is 2.50. The van der Waals surface area contributed by atoms with Crippen LogP contribution in [-0.4, -0.2) is 35.1 Å². The van der Waals surface area contributed by atoms with E-state index < -0.39 is 6.04 Å². The monoisotopic (exact) mass is 213 g/mol. The summed E-state index contributed by atoms with van der Waals surface area (Å²) in [5, 5.41) is 12.7. The highest BCUT2D eigenvalue weighted by atomic mass is 16.5. The first kappa shape index (κ1) is 10.5. The minimum Gasteiger partial charge on any atom is -0.394 e. The predicted molar refractivity (Wildman–Crippen MR) is 51.1 cm³/mol. The molecule has 2 rings (SSSR count). The summed E-state index contributed by atoms with van der Waals surface area (Å²) in [7, 11) is 0. The van der Waals surface area contributed by atoms with Crippen molar-refractivity contribution in [1.29, 1.82) is 0 Å². The zero-order chi connectivity index (χ0) is 10.7. The number of hydrogen-bond donors (Lipinski definition) is 2. The summed E-state index contributed by atoms with van der Waals surface area (Å²) in [6.07, 6.45) is 2.02. The molecule has 1 aliphatic rings. The fourth-order valence-corrected chi connectivity index (χ4v) is 1.59. The molecular formula is C9H15N3O3. The van der Waals surface area contributed by atoms with Crippen molar-refractivity contribution < 1.29 is 14.4 Å². The van der Waals surface area contributed by atoms with Crippen LogP contribution in [-0.2, 0) is 4.74 Å². The summed E-state index contributed by atoms with van der Waals surface area (Å²) in [6.45, 7) is 1.24. The molecule has 0 radical (unpaired) electrons. The van der Waals surface area contributed by atoms with Crippen LogP contribution >= 0.6 is 0 Å². The maximum absolute atomic E-state index is 8.83. The van der Waals surface area contributed by atoms with E-state index in [1.807, 2.05) is 0 Å². The fraction of sp³-hybridized carbons (Fsp3) is 0.778. The van der Waals surface area contributed by atoms with Crippen molar-refractivity contribution in [1.82, 2.24) is 10.1 Å². The zero-order valence-electron chi connectivity index (χ0n) is 8.43. The van der Waals surface area contributed by atoms with Crippen molar-refractivity contribution in [2.45, 2.75) is 24.8 Å². The van der Waals surface area contributed by atoms with Crippen molar-refractivity contribution in [2.75, 3.05) is 19.8 Å². The Labute approximate surface area is 87.4 Å². The summed E-state index contributed by atoms with van der Waals surface area (Å²) < 4.78 is 10.3. The Hall–Kier alpha value is -0.980. The van der Waals surface area contributed by atoms with Crippen LogP contribution in [0, 0.1) is 0 Å². The molecule has 1 aliphatic heterocycles. The van der Waals surface area contributed by atoms with Gasteiger partial charge in [-0.1, -0.05) is 5.16 Å². The molecule has 15 heavy (non-hydrogen) atoms. The average molecular weight is 213 g/mol. The molecule has 0 aromatic carbocycles. The normalized spacial score (nSPS) is 24.0. The van der Waals surface area contributed by atoms with Gasteiger partial charge in [0.1, 0.15) is 6.04 Å². The Kier molecular flexibility index (Phi) is 3.30. The second-order valence-corrected chi connectivity index (χ2v) is 3.69. The summed E-state index contributed by atoms with van der Waals surface area (Å²) >= 11 is 0. The summed E-state index contributed by atoms with van der Waals surface area (Å²) in [6, 6.07) is -0.587. The van der Waals surface area contributed by atoms with E-state index >= 15 is 0 Å². The molecule has 0 saturated carbocycles. The van der Waals surface area contributed by atoms with Crippen LogP contribution in [0.1, 0.15) is 36.5 Å². The standard InChI is InChI=1S/C9H15N3O3/c10-7(4-13)9-11-8(12-15-9)6-2-1-3-14-5-6/h6-7,13H,1-5,10H2/t6?,7-/m1/s1. The van der Waals surface area contributed by atoms with Gasteiger partial charge in [0.25, 0.3) is 0 Å². The lowest BCUT2D eigenvalue weighted by Crippen LogP contribution is -2.18. The van der Waals surface area contributed by atoms with Gasteiger partial charge in [-0.2, -0.15) is 4.98 Å². The van der Waals surface area contributed by atoms with Crippen molar-refractivity contribution in [2.24, 2.45) is 5.73 Å². The lowest BCUT2D eigenvalue weighted by Gasteiger charge is -2.18. The second-order valence-electron chi connectivity index (χ2n) is 3.69. The molecular weight excluding hydrogens is 198 g/mol. The predicted octanol–water partition coefficient (Wildman–Crippen LogP) is -0.0443. The van der Waals surface area contributed by atoms with Gasteiger partial charge in [-0.05, 0) is 12.8 Å². The quantitative estimate of drug-likeness (QED) is 0.731. The van der Waals surface area contributed by atoms with Crippen LogP contribution in [0.15, 0.2) is 4.52 Å². The molecule has 1 saturated heterocycles. The fourth-order valence-electron chi connectivity index (χ4n) is 1.59. The lowest BCUT2D eigenvalue weighted by atomic mass is 10.0. The molecule has 6 heteroatoms. The molecule has 0 aliphatic carbocycles. The maximum atomic E-state index is 8.83. The highest BCUT2D eigenvalue weighted by Gasteiger charge is 2.23. The minimum atomic E-state index is -0.587. The van der Waals surface area contributed by atoms with Crippen molar-refractivity contribution in [3.05, 3.63) is 11.7 Å². The van der Waals surface area contributed by atoms with Crippen LogP contribution in [0.4, 0.5) is 0 Å². The van der Waals surface area contributed by atoms with Crippen LogP contribution in [0.2, 0.25) is 0 Å². The van der Waals surface area contributed by atoms with Crippen molar-refractivity contribution in [3.8, 4) is 0 Å². The van der Waals surface area contributed by atoms with Crippen LogP contribution in [0.3, 0.4) is 0 Å². The summed E-state index contributed by atoms with van der Waals surface area (Å²) in [5.74, 6) is 1.12. The van der Waals surface area contributed by atoms with Crippen molar-refractivity contribution in [3.63, 3.8) is 0 Å².